The van der Waals surface area contributed by atoms with E-state index in [1.807, 2.05) is 6.07 Å². The van der Waals surface area contributed by atoms with E-state index in [9.17, 15) is 18.0 Å². The number of carbonyl (C=O) groups is 2. The number of methoxy groups -OCH3 is 1. The summed E-state index contributed by atoms with van der Waals surface area (Å²) < 4.78 is 33.6. The van der Waals surface area contributed by atoms with Crippen molar-refractivity contribution >= 4 is 33.2 Å². The van der Waals surface area contributed by atoms with Gasteiger partial charge in [0.2, 0.25) is 11.8 Å². The number of rotatable bonds is 5. The number of piperidine rings is 1. The van der Waals surface area contributed by atoms with Gasteiger partial charge in [0.1, 0.15) is 10.6 Å². The Kier molecular flexibility index (Phi) is 5.18. The van der Waals surface area contributed by atoms with Gasteiger partial charge in [0.25, 0.3) is 10.0 Å². The van der Waals surface area contributed by atoms with Crippen LogP contribution in [0.1, 0.15) is 24.8 Å². The van der Waals surface area contributed by atoms with Crippen LogP contribution in [0.25, 0.3) is 0 Å². The van der Waals surface area contributed by atoms with Crippen LogP contribution in [-0.2, 0) is 19.6 Å². The van der Waals surface area contributed by atoms with Gasteiger partial charge in [-0.3, -0.25) is 19.2 Å². The third kappa shape index (κ3) is 3.80. The van der Waals surface area contributed by atoms with E-state index in [1.54, 1.807) is 25.1 Å². The Hall–Kier alpha value is -2.87. The van der Waals surface area contributed by atoms with Crippen molar-refractivity contribution in [2.24, 2.45) is 0 Å². The number of carbonyl (C=O) groups excluding carboxylic acids is 2. The molecule has 142 valence electrons. The second-order valence-corrected chi connectivity index (χ2v) is 7.88. The minimum Gasteiger partial charge on any atom is -0.495 e. The molecule has 0 aromatic heterocycles. The van der Waals surface area contributed by atoms with E-state index in [-0.39, 0.29) is 41.0 Å². The monoisotopic (exact) mass is 388 g/mol. The van der Waals surface area contributed by atoms with Crippen LogP contribution in [0.3, 0.4) is 0 Å². The van der Waals surface area contributed by atoms with Crippen molar-refractivity contribution in [3.05, 3.63) is 48.0 Å². The van der Waals surface area contributed by atoms with Gasteiger partial charge in [0.15, 0.2) is 0 Å². The Morgan fingerprint density at radius 1 is 1.04 bits per heavy atom. The first-order valence-electron chi connectivity index (χ1n) is 8.46. The van der Waals surface area contributed by atoms with E-state index in [0.717, 1.165) is 10.5 Å². The van der Waals surface area contributed by atoms with E-state index < -0.39 is 10.0 Å². The summed E-state index contributed by atoms with van der Waals surface area (Å²) in [6, 6.07) is 11.2. The van der Waals surface area contributed by atoms with Crippen LogP contribution < -0.4 is 14.4 Å². The molecule has 1 fully saturated rings. The molecule has 2 amide bonds. The first kappa shape index (κ1) is 18.9. The minimum absolute atomic E-state index is 0.122. The van der Waals surface area contributed by atoms with Crippen molar-refractivity contribution < 1.29 is 22.7 Å². The van der Waals surface area contributed by atoms with Gasteiger partial charge in [-0.25, -0.2) is 8.42 Å². The summed E-state index contributed by atoms with van der Waals surface area (Å²) in [6.45, 7) is 1.79. The maximum atomic E-state index is 13.0. The lowest BCUT2D eigenvalue weighted by Crippen LogP contribution is -2.40. The number of imide groups is 1. The Labute approximate surface area is 158 Å². The van der Waals surface area contributed by atoms with E-state index in [2.05, 4.69) is 4.72 Å². The molecular weight excluding hydrogens is 368 g/mol. The van der Waals surface area contributed by atoms with Gasteiger partial charge in [-0.15, -0.1) is 0 Å². The highest BCUT2D eigenvalue weighted by molar-refractivity contribution is 7.92. The van der Waals surface area contributed by atoms with Gasteiger partial charge in [0.05, 0.1) is 18.5 Å². The predicted molar refractivity (Wildman–Crippen MR) is 101 cm³/mol. The van der Waals surface area contributed by atoms with E-state index >= 15 is 0 Å². The summed E-state index contributed by atoms with van der Waals surface area (Å²) in [4.78, 5) is 25.2. The second-order valence-electron chi connectivity index (χ2n) is 6.23. The molecule has 1 aliphatic heterocycles. The van der Waals surface area contributed by atoms with Crippen LogP contribution >= 0.6 is 0 Å². The molecule has 1 aliphatic rings. The quantitative estimate of drug-likeness (QED) is 0.795. The number of ether oxygens (including phenoxy) is 1. The molecule has 2 aromatic rings. The molecule has 0 bridgehead atoms. The van der Waals surface area contributed by atoms with Crippen molar-refractivity contribution in [2.45, 2.75) is 31.1 Å². The predicted octanol–water partition coefficient (Wildman–Crippen LogP) is 2.85. The zero-order valence-electron chi connectivity index (χ0n) is 15.1. The lowest BCUT2D eigenvalue weighted by Gasteiger charge is -2.25. The average Bonchev–Trinajstić information content (AvgIpc) is 2.63. The first-order valence-corrected chi connectivity index (χ1v) is 9.94. The maximum absolute atomic E-state index is 13.0. The lowest BCUT2D eigenvalue weighted by atomic mass is 10.1. The molecule has 1 saturated heterocycles. The molecule has 0 aliphatic carbocycles. The van der Waals surface area contributed by atoms with Crippen LogP contribution in [-0.4, -0.2) is 27.3 Å². The molecule has 0 saturated carbocycles. The number of anilines is 2. The Balaban J connectivity index is 2.04. The fourth-order valence-corrected chi connectivity index (χ4v) is 4.26. The molecule has 8 heteroatoms. The van der Waals surface area contributed by atoms with Gasteiger partial charge in [-0.05, 0) is 43.2 Å². The first-order chi connectivity index (χ1) is 12.8. The van der Waals surface area contributed by atoms with Crippen LogP contribution in [0.5, 0.6) is 5.75 Å². The molecule has 0 radical (unpaired) electrons. The second kappa shape index (κ2) is 7.40. The topological polar surface area (TPSA) is 92.8 Å². The van der Waals surface area contributed by atoms with Crippen molar-refractivity contribution in [3.8, 4) is 5.75 Å². The highest BCUT2D eigenvalue weighted by Crippen LogP contribution is 2.32. The number of para-hydroxylation sites is 1. The molecule has 7 nitrogen and oxygen atoms in total. The summed E-state index contributed by atoms with van der Waals surface area (Å²) in [5.41, 5.74) is 1.42. The van der Waals surface area contributed by atoms with E-state index in [4.69, 9.17) is 4.74 Å². The van der Waals surface area contributed by atoms with Gasteiger partial charge < -0.3 is 4.74 Å². The summed E-state index contributed by atoms with van der Waals surface area (Å²) in [5.74, 6) is -0.560. The van der Waals surface area contributed by atoms with Gasteiger partial charge in [0, 0.05) is 12.8 Å². The average molecular weight is 388 g/mol. The summed E-state index contributed by atoms with van der Waals surface area (Å²) >= 11 is 0. The molecule has 1 N–H and O–H groups in total. The number of nitrogens with one attached hydrogen (secondary N) is 1. The zero-order chi connectivity index (χ0) is 19.6. The van der Waals surface area contributed by atoms with Crippen molar-refractivity contribution in [1.82, 2.24) is 0 Å². The minimum atomic E-state index is -4.00. The lowest BCUT2D eigenvalue weighted by molar-refractivity contribution is -0.129. The standard InChI is InChI=1S/C19H20N2O5S/c1-13-6-3-4-7-15(13)20-27(24,25)17-12-14(10-11-16(17)26-2)21-18(22)8-5-9-19(21)23/h3-4,6-7,10-12,20H,5,8-9H2,1-2H3. The molecule has 0 unspecified atom stereocenters. The fourth-order valence-electron chi connectivity index (χ4n) is 2.94. The number of hydrogen-bond donors (Lipinski definition) is 1. The molecular formula is C19H20N2O5S. The van der Waals surface area contributed by atoms with Crippen LogP contribution in [0.2, 0.25) is 0 Å². The summed E-state index contributed by atoms with van der Waals surface area (Å²) in [5, 5.41) is 0. The number of aryl methyl sites for hydroxylation is 1. The fraction of sp³-hybridized carbons (Fsp3) is 0.263. The smallest absolute Gasteiger partial charge is 0.265 e. The third-order valence-corrected chi connectivity index (χ3v) is 5.75. The molecule has 2 aromatic carbocycles. The number of hydrogen-bond acceptors (Lipinski definition) is 5. The number of benzene rings is 2. The maximum Gasteiger partial charge on any atom is 0.265 e. The van der Waals surface area contributed by atoms with Crippen molar-refractivity contribution in [3.63, 3.8) is 0 Å². The van der Waals surface area contributed by atoms with Crippen molar-refractivity contribution in [1.29, 1.82) is 0 Å². The van der Waals surface area contributed by atoms with Gasteiger partial charge in [-0.1, -0.05) is 18.2 Å². The third-order valence-electron chi connectivity index (χ3n) is 4.36. The zero-order valence-corrected chi connectivity index (χ0v) is 15.9. The van der Waals surface area contributed by atoms with Crippen LogP contribution in [0.4, 0.5) is 11.4 Å². The summed E-state index contributed by atoms with van der Waals surface area (Å²) in [6.07, 6.45) is 1.01. The Morgan fingerprint density at radius 2 is 1.70 bits per heavy atom. The highest BCUT2D eigenvalue weighted by atomic mass is 32.2. The SMILES string of the molecule is COc1ccc(N2C(=O)CCCC2=O)cc1S(=O)(=O)Nc1ccccc1C. The molecule has 0 spiro atoms. The number of amides is 2. The normalized spacial score (nSPS) is 15.0. The molecule has 3 rings (SSSR count). The molecule has 1 heterocycles. The van der Waals surface area contributed by atoms with E-state index in [0.29, 0.717) is 12.1 Å². The van der Waals surface area contributed by atoms with E-state index in [1.165, 1.54) is 25.3 Å². The highest BCUT2D eigenvalue weighted by Gasteiger charge is 2.29. The van der Waals surface area contributed by atoms with Gasteiger partial charge in [-0.2, -0.15) is 0 Å². The molecule has 27 heavy (non-hydrogen) atoms. The van der Waals surface area contributed by atoms with Gasteiger partial charge >= 0.3 is 0 Å². The number of nitrogens with zero attached hydrogens (tertiary/aromatic N) is 1. The largest absolute Gasteiger partial charge is 0.495 e. The number of sulfonamides is 1. The van der Waals surface area contributed by atoms with Crippen molar-refractivity contribution in [2.75, 3.05) is 16.7 Å². The Morgan fingerprint density at radius 3 is 2.33 bits per heavy atom. The Bertz CT molecular complexity index is 985. The summed E-state index contributed by atoms with van der Waals surface area (Å²) in [7, 11) is -2.64. The van der Waals surface area contributed by atoms with Crippen LogP contribution in [0, 0.1) is 6.92 Å². The molecule has 0 atom stereocenters. The van der Waals surface area contributed by atoms with Crippen LogP contribution in [0.15, 0.2) is 47.4 Å².